The number of hydrogen-bond acceptors (Lipinski definition) is 4. The molecule has 2 amide bonds. The summed E-state index contributed by atoms with van der Waals surface area (Å²) in [5.74, 6) is -0.395. The van der Waals surface area contributed by atoms with Gasteiger partial charge >= 0.3 is 0 Å². The SMILES string of the molecule is Cc1cc(NC(=S)NC(=O)c2ccc(-c3ccccc3)cc2)ccc1NC(=O)c1cc2ccccc2o1. The fraction of sp³-hybridized carbons (Fsp3) is 0.0333. The molecule has 1 heterocycles. The Hall–Kier alpha value is -4.75. The molecule has 0 saturated carbocycles. The molecule has 6 nitrogen and oxygen atoms in total. The largest absolute Gasteiger partial charge is 0.451 e. The Balaban J connectivity index is 1.19. The molecule has 0 atom stereocenters. The second kappa shape index (κ2) is 10.5. The Morgan fingerprint density at radius 3 is 2.16 bits per heavy atom. The highest BCUT2D eigenvalue weighted by atomic mass is 32.1. The number of nitrogens with one attached hydrogen (secondary N) is 3. The lowest BCUT2D eigenvalue weighted by Crippen LogP contribution is -2.34. The molecule has 4 aromatic carbocycles. The molecular formula is C30H23N3O3S. The van der Waals surface area contributed by atoms with E-state index in [1.165, 1.54) is 0 Å². The van der Waals surface area contributed by atoms with E-state index >= 15 is 0 Å². The number of benzene rings is 4. The predicted octanol–water partition coefficient (Wildman–Crippen LogP) is 6.79. The van der Waals surface area contributed by atoms with Crippen molar-refractivity contribution in [2.75, 3.05) is 10.6 Å². The molecule has 0 aliphatic carbocycles. The molecule has 37 heavy (non-hydrogen) atoms. The van der Waals surface area contributed by atoms with Crippen LogP contribution in [-0.4, -0.2) is 16.9 Å². The quantitative estimate of drug-likeness (QED) is 0.229. The third kappa shape index (κ3) is 5.58. The summed E-state index contributed by atoms with van der Waals surface area (Å²) in [6.07, 6.45) is 0. The minimum Gasteiger partial charge on any atom is -0.451 e. The summed E-state index contributed by atoms with van der Waals surface area (Å²) >= 11 is 5.33. The van der Waals surface area contributed by atoms with Crippen molar-refractivity contribution in [3.8, 4) is 11.1 Å². The van der Waals surface area contributed by atoms with Crippen LogP contribution in [0.4, 0.5) is 11.4 Å². The summed E-state index contributed by atoms with van der Waals surface area (Å²) in [5.41, 5.74) is 5.42. The van der Waals surface area contributed by atoms with Crippen molar-refractivity contribution >= 4 is 51.5 Å². The van der Waals surface area contributed by atoms with Crippen molar-refractivity contribution in [1.82, 2.24) is 5.32 Å². The smallest absolute Gasteiger partial charge is 0.291 e. The molecule has 0 fully saturated rings. The maximum Gasteiger partial charge on any atom is 0.291 e. The summed E-state index contributed by atoms with van der Waals surface area (Å²) in [6, 6.07) is 31.9. The Morgan fingerprint density at radius 1 is 0.730 bits per heavy atom. The van der Waals surface area contributed by atoms with E-state index in [0.29, 0.717) is 22.5 Å². The molecule has 0 saturated heterocycles. The zero-order valence-corrected chi connectivity index (χ0v) is 20.8. The monoisotopic (exact) mass is 505 g/mol. The number of aryl methyl sites for hydroxylation is 1. The fourth-order valence-electron chi connectivity index (χ4n) is 3.94. The molecule has 0 unspecified atom stereocenters. The molecule has 5 aromatic rings. The van der Waals surface area contributed by atoms with Gasteiger partial charge in [0.05, 0.1) is 0 Å². The zero-order chi connectivity index (χ0) is 25.8. The van der Waals surface area contributed by atoms with Crippen LogP contribution in [0.1, 0.15) is 26.5 Å². The minimum atomic E-state index is -0.332. The molecule has 0 aliphatic heterocycles. The topological polar surface area (TPSA) is 83.4 Å². The highest BCUT2D eigenvalue weighted by Crippen LogP contribution is 2.23. The van der Waals surface area contributed by atoms with E-state index in [2.05, 4.69) is 16.0 Å². The number of amides is 2. The van der Waals surface area contributed by atoms with Crippen LogP contribution < -0.4 is 16.0 Å². The Morgan fingerprint density at radius 2 is 1.43 bits per heavy atom. The van der Waals surface area contributed by atoms with Gasteiger partial charge in [0.15, 0.2) is 10.9 Å². The first-order valence-electron chi connectivity index (χ1n) is 11.6. The molecule has 1 aromatic heterocycles. The first-order chi connectivity index (χ1) is 18.0. The van der Waals surface area contributed by atoms with Gasteiger partial charge in [-0.1, -0.05) is 60.7 Å². The van der Waals surface area contributed by atoms with Crippen LogP contribution in [0.2, 0.25) is 0 Å². The van der Waals surface area contributed by atoms with Crippen LogP contribution in [0.15, 0.2) is 108 Å². The molecule has 182 valence electrons. The van der Waals surface area contributed by atoms with Crippen LogP contribution in [0.5, 0.6) is 0 Å². The fourth-order valence-corrected chi connectivity index (χ4v) is 4.15. The van der Waals surface area contributed by atoms with Crippen LogP contribution in [0, 0.1) is 6.92 Å². The first kappa shape index (κ1) is 24.0. The molecule has 3 N–H and O–H groups in total. The molecule has 0 aliphatic rings. The highest BCUT2D eigenvalue weighted by molar-refractivity contribution is 7.80. The number of carbonyl (C=O) groups is 2. The number of anilines is 2. The van der Waals surface area contributed by atoms with Crippen molar-refractivity contribution in [2.45, 2.75) is 6.92 Å². The maximum absolute atomic E-state index is 12.7. The lowest BCUT2D eigenvalue weighted by atomic mass is 10.0. The summed E-state index contributed by atoms with van der Waals surface area (Å²) in [6.45, 7) is 1.87. The van der Waals surface area contributed by atoms with E-state index in [9.17, 15) is 9.59 Å². The van der Waals surface area contributed by atoms with Crippen molar-refractivity contribution in [2.24, 2.45) is 0 Å². The maximum atomic E-state index is 12.7. The van der Waals surface area contributed by atoms with Gasteiger partial charge in [-0.25, -0.2) is 0 Å². The zero-order valence-electron chi connectivity index (χ0n) is 19.9. The number of para-hydroxylation sites is 1. The normalized spacial score (nSPS) is 10.6. The van der Waals surface area contributed by atoms with Gasteiger partial charge in [0, 0.05) is 22.3 Å². The molecular weight excluding hydrogens is 482 g/mol. The van der Waals surface area contributed by atoms with E-state index in [1.54, 1.807) is 30.3 Å². The number of hydrogen-bond donors (Lipinski definition) is 3. The average molecular weight is 506 g/mol. The second-order valence-corrected chi connectivity index (χ2v) is 8.89. The predicted molar refractivity (Wildman–Crippen MR) is 151 cm³/mol. The molecule has 0 spiro atoms. The third-order valence-corrected chi connectivity index (χ3v) is 6.07. The minimum absolute atomic E-state index is 0.176. The van der Waals surface area contributed by atoms with Crippen LogP contribution in [0.25, 0.3) is 22.1 Å². The van der Waals surface area contributed by atoms with Gasteiger partial charge in [0.25, 0.3) is 11.8 Å². The molecule has 0 radical (unpaired) electrons. The number of carbonyl (C=O) groups excluding carboxylic acids is 2. The van der Waals surface area contributed by atoms with Crippen LogP contribution in [0.3, 0.4) is 0 Å². The molecule has 7 heteroatoms. The Labute approximate surface area is 219 Å². The van der Waals surface area contributed by atoms with Crippen LogP contribution >= 0.6 is 12.2 Å². The van der Waals surface area contributed by atoms with Gasteiger partial charge in [-0.15, -0.1) is 0 Å². The summed E-state index contributed by atoms with van der Waals surface area (Å²) in [7, 11) is 0. The molecule has 0 bridgehead atoms. The van der Waals surface area contributed by atoms with E-state index < -0.39 is 0 Å². The van der Waals surface area contributed by atoms with Gasteiger partial charge in [0.2, 0.25) is 0 Å². The summed E-state index contributed by atoms with van der Waals surface area (Å²) in [4.78, 5) is 25.3. The van der Waals surface area contributed by atoms with E-state index in [4.69, 9.17) is 16.6 Å². The summed E-state index contributed by atoms with van der Waals surface area (Å²) in [5, 5.41) is 9.64. The Kier molecular flexibility index (Phi) is 6.78. The van der Waals surface area contributed by atoms with Gasteiger partial charge in [-0.05, 0) is 78.3 Å². The first-order valence-corrected chi connectivity index (χ1v) is 12.1. The number of furan rings is 1. The van der Waals surface area contributed by atoms with Crippen LogP contribution in [-0.2, 0) is 0 Å². The van der Waals surface area contributed by atoms with Crippen molar-refractivity contribution in [3.63, 3.8) is 0 Å². The lowest BCUT2D eigenvalue weighted by Gasteiger charge is -2.13. The van der Waals surface area contributed by atoms with Crippen molar-refractivity contribution < 1.29 is 14.0 Å². The number of fused-ring (bicyclic) bond motifs is 1. The highest BCUT2D eigenvalue weighted by Gasteiger charge is 2.14. The number of thiocarbonyl (C=S) groups is 1. The van der Waals surface area contributed by atoms with Crippen molar-refractivity contribution in [3.05, 3.63) is 120 Å². The second-order valence-electron chi connectivity index (χ2n) is 8.48. The van der Waals surface area contributed by atoms with E-state index in [-0.39, 0.29) is 22.7 Å². The van der Waals surface area contributed by atoms with E-state index in [0.717, 1.165) is 22.1 Å². The van der Waals surface area contributed by atoms with Gasteiger partial charge in [0.1, 0.15) is 5.58 Å². The average Bonchev–Trinajstić information content (AvgIpc) is 3.35. The summed E-state index contributed by atoms with van der Waals surface area (Å²) < 4.78 is 5.64. The van der Waals surface area contributed by atoms with Gasteiger partial charge < -0.3 is 15.1 Å². The standard InChI is InChI=1S/C30H23N3O3S/c1-19-17-24(15-16-25(19)32-29(35)27-18-23-9-5-6-10-26(23)36-27)31-30(37)33-28(34)22-13-11-21(12-14-22)20-7-3-2-4-8-20/h2-18H,1H3,(H,32,35)(H2,31,33,34,37). The third-order valence-electron chi connectivity index (χ3n) is 5.86. The van der Waals surface area contributed by atoms with Gasteiger partial charge in [-0.3, -0.25) is 14.9 Å². The molecule has 5 rings (SSSR count). The van der Waals surface area contributed by atoms with E-state index in [1.807, 2.05) is 79.7 Å². The Bertz CT molecular complexity index is 1580. The lowest BCUT2D eigenvalue weighted by molar-refractivity contribution is 0.0975. The van der Waals surface area contributed by atoms with Gasteiger partial charge in [-0.2, -0.15) is 0 Å². The number of rotatable bonds is 5. The van der Waals surface area contributed by atoms with Crippen molar-refractivity contribution in [1.29, 1.82) is 0 Å².